The van der Waals surface area contributed by atoms with Crippen molar-refractivity contribution in [3.05, 3.63) is 66.2 Å². The zero-order valence-corrected chi connectivity index (χ0v) is 16.7. The number of nitrogens with one attached hydrogen (secondary N) is 2. The lowest BCUT2D eigenvalue weighted by molar-refractivity contribution is -0.124. The number of amides is 1. The zero-order chi connectivity index (χ0) is 20.1. The fourth-order valence-electron chi connectivity index (χ4n) is 4.23. The second-order valence-corrected chi connectivity index (χ2v) is 7.80. The highest BCUT2D eigenvalue weighted by molar-refractivity contribution is 5.84. The third-order valence-corrected chi connectivity index (χ3v) is 5.75. The first-order valence-electron chi connectivity index (χ1n) is 10.4. The second kappa shape index (κ2) is 8.99. The molecule has 0 bridgehead atoms. The fourth-order valence-corrected chi connectivity index (χ4v) is 4.23. The van der Waals surface area contributed by atoms with Gasteiger partial charge in [-0.1, -0.05) is 49.6 Å². The van der Waals surface area contributed by atoms with Gasteiger partial charge in [0.15, 0.2) is 5.82 Å². The van der Waals surface area contributed by atoms with E-state index in [1.165, 1.54) is 19.3 Å². The molecule has 0 radical (unpaired) electrons. The standard InChI is InChI=1S/C23H27N5O/c1-16(21-26-22(28-27-21)19-13-8-14-24-15-19)25-23(29)20(17-9-4-2-5-10-17)18-11-6-3-7-12-18/h2,4-5,8-10,13-16,18,20H,3,6-7,11-12H2,1H3,(H,25,29)(H,26,27,28). The van der Waals surface area contributed by atoms with Gasteiger partial charge in [-0.2, -0.15) is 5.10 Å². The van der Waals surface area contributed by atoms with E-state index in [9.17, 15) is 4.79 Å². The van der Waals surface area contributed by atoms with Crippen molar-refractivity contribution in [3.8, 4) is 11.4 Å². The Hall–Kier alpha value is -3.02. The van der Waals surface area contributed by atoms with Gasteiger partial charge in [0.05, 0.1) is 12.0 Å². The molecule has 4 rings (SSSR count). The number of hydrogen-bond acceptors (Lipinski definition) is 4. The molecule has 2 atom stereocenters. The topological polar surface area (TPSA) is 83.6 Å². The number of carbonyl (C=O) groups is 1. The van der Waals surface area contributed by atoms with Gasteiger partial charge in [0, 0.05) is 18.0 Å². The van der Waals surface area contributed by atoms with E-state index in [1.54, 1.807) is 12.4 Å². The lowest BCUT2D eigenvalue weighted by Crippen LogP contribution is -2.36. The first kappa shape index (κ1) is 19.3. The van der Waals surface area contributed by atoms with Crippen molar-refractivity contribution in [2.75, 3.05) is 0 Å². The zero-order valence-electron chi connectivity index (χ0n) is 16.7. The molecule has 2 N–H and O–H groups in total. The number of benzene rings is 1. The van der Waals surface area contributed by atoms with E-state index in [1.807, 2.05) is 37.3 Å². The highest BCUT2D eigenvalue weighted by Crippen LogP contribution is 2.36. The summed E-state index contributed by atoms with van der Waals surface area (Å²) in [6, 6.07) is 13.7. The minimum atomic E-state index is -0.254. The number of hydrogen-bond donors (Lipinski definition) is 2. The van der Waals surface area contributed by atoms with Crippen molar-refractivity contribution in [2.24, 2.45) is 5.92 Å². The van der Waals surface area contributed by atoms with Crippen LogP contribution in [0.1, 0.15) is 62.4 Å². The second-order valence-electron chi connectivity index (χ2n) is 7.80. The smallest absolute Gasteiger partial charge is 0.228 e. The van der Waals surface area contributed by atoms with Crippen LogP contribution in [0.5, 0.6) is 0 Å². The summed E-state index contributed by atoms with van der Waals surface area (Å²) in [7, 11) is 0. The van der Waals surface area contributed by atoms with Gasteiger partial charge in [-0.15, -0.1) is 0 Å². The van der Waals surface area contributed by atoms with Gasteiger partial charge in [0.2, 0.25) is 5.91 Å². The quantitative estimate of drug-likeness (QED) is 0.654. The van der Waals surface area contributed by atoms with E-state index in [-0.39, 0.29) is 17.9 Å². The average molecular weight is 390 g/mol. The number of pyridine rings is 1. The van der Waals surface area contributed by atoms with Crippen LogP contribution in [-0.4, -0.2) is 26.1 Å². The van der Waals surface area contributed by atoms with Crippen LogP contribution < -0.4 is 5.32 Å². The fraction of sp³-hybridized carbons (Fsp3) is 0.391. The maximum absolute atomic E-state index is 13.3. The number of aromatic nitrogens is 4. The summed E-state index contributed by atoms with van der Waals surface area (Å²) >= 11 is 0. The van der Waals surface area contributed by atoms with Gasteiger partial charge in [0.1, 0.15) is 5.82 Å². The molecule has 150 valence electrons. The summed E-state index contributed by atoms with van der Waals surface area (Å²) < 4.78 is 0. The Balaban J connectivity index is 1.50. The van der Waals surface area contributed by atoms with Gasteiger partial charge < -0.3 is 5.32 Å². The van der Waals surface area contributed by atoms with Crippen molar-refractivity contribution in [2.45, 2.75) is 51.0 Å². The summed E-state index contributed by atoms with van der Waals surface area (Å²) in [5.41, 5.74) is 1.94. The Morgan fingerprint density at radius 1 is 1.10 bits per heavy atom. The van der Waals surface area contributed by atoms with E-state index < -0.39 is 0 Å². The van der Waals surface area contributed by atoms with Crippen LogP contribution in [-0.2, 0) is 4.79 Å². The molecule has 0 aliphatic heterocycles. The maximum atomic E-state index is 13.3. The molecule has 1 aromatic carbocycles. The highest BCUT2D eigenvalue weighted by atomic mass is 16.2. The van der Waals surface area contributed by atoms with E-state index in [0.717, 1.165) is 24.0 Å². The maximum Gasteiger partial charge on any atom is 0.228 e. The highest BCUT2D eigenvalue weighted by Gasteiger charge is 2.32. The summed E-state index contributed by atoms with van der Waals surface area (Å²) in [6.45, 7) is 1.94. The summed E-state index contributed by atoms with van der Waals surface area (Å²) in [4.78, 5) is 22.0. The molecule has 6 nitrogen and oxygen atoms in total. The number of H-pyrrole nitrogens is 1. The van der Waals surface area contributed by atoms with Crippen LogP contribution in [0.15, 0.2) is 54.9 Å². The molecule has 1 amide bonds. The third kappa shape index (κ3) is 4.53. The molecule has 6 heteroatoms. The van der Waals surface area contributed by atoms with E-state index in [2.05, 4.69) is 37.6 Å². The van der Waals surface area contributed by atoms with Crippen LogP contribution in [0.2, 0.25) is 0 Å². The number of carbonyl (C=O) groups excluding carboxylic acids is 1. The van der Waals surface area contributed by atoms with Crippen molar-refractivity contribution < 1.29 is 4.79 Å². The molecule has 0 spiro atoms. The lowest BCUT2D eigenvalue weighted by atomic mass is 9.76. The number of nitrogens with zero attached hydrogens (tertiary/aromatic N) is 3. The largest absolute Gasteiger partial charge is 0.346 e. The summed E-state index contributed by atoms with van der Waals surface area (Å²) in [5, 5.41) is 10.4. The molecule has 1 fully saturated rings. The van der Waals surface area contributed by atoms with Crippen LogP contribution in [0.3, 0.4) is 0 Å². The van der Waals surface area contributed by atoms with Crippen LogP contribution in [0.25, 0.3) is 11.4 Å². The van der Waals surface area contributed by atoms with E-state index >= 15 is 0 Å². The van der Waals surface area contributed by atoms with Crippen molar-refractivity contribution >= 4 is 5.91 Å². The minimum Gasteiger partial charge on any atom is -0.346 e. The molecule has 1 aliphatic carbocycles. The Morgan fingerprint density at radius 3 is 2.62 bits per heavy atom. The van der Waals surface area contributed by atoms with E-state index in [4.69, 9.17) is 0 Å². The van der Waals surface area contributed by atoms with Gasteiger partial charge in [-0.3, -0.25) is 14.9 Å². The Bertz CT molecular complexity index is 919. The van der Waals surface area contributed by atoms with Crippen molar-refractivity contribution in [3.63, 3.8) is 0 Å². The molecule has 1 aliphatic rings. The summed E-state index contributed by atoms with van der Waals surface area (Å²) in [6.07, 6.45) is 9.33. The Labute approximate surface area is 171 Å². The molecular weight excluding hydrogens is 362 g/mol. The molecule has 1 saturated carbocycles. The first-order chi connectivity index (χ1) is 14.2. The molecule has 2 aromatic heterocycles. The van der Waals surface area contributed by atoms with Gasteiger partial charge in [-0.05, 0) is 43.4 Å². The van der Waals surface area contributed by atoms with Crippen molar-refractivity contribution in [1.29, 1.82) is 0 Å². The van der Waals surface area contributed by atoms with Crippen LogP contribution in [0.4, 0.5) is 0 Å². The normalized spacial score (nSPS) is 16.9. The van der Waals surface area contributed by atoms with Gasteiger partial charge in [-0.25, -0.2) is 4.98 Å². The minimum absolute atomic E-state index is 0.0647. The monoisotopic (exact) mass is 389 g/mol. The third-order valence-electron chi connectivity index (χ3n) is 5.75. The molecule has 0 saturated heterocycles. The predicted octanol–water partition coefficient (Wildman–Crippen LogP) is 4.41. The first-order valence-corrected chi connectivity index (χ1v) is 10.4. The molecule has 29 heavy (non-hydrogen) atoms. The average Bonchev–Trinajstić information content (AvgIpc) is 3.27. The predicted molar refractivity (Wildman–Crippen MR) is 112 cm³/mol. The van der Waals surface area contributed by atoms with E-state index in [0.29, 0.717) is 17.6 Å². The lowest BCUT2D eigenvalue weighted by Gasteiger charge is -2.30. The Morgan fingerprint density at radius 2 is 1.90 bits per heavy atom. The molecular formula is C23H27N5O. The van der Waals surface area contributed by atoms with Crippen molar-refractivity contribution in [1.82, 2.24) is 25.5 Å². The van der Waals surface area contributed by atoms with Crippen LogP contribution >= 0.6 is 0 Å². The molecule has 3 aromatic rings. The molecule has 2 unspecified atom stereocenters. The van der Waals surface area contributed by atoms with Gasteiger partial charge in [0.25, 0.3) is 0 Å². The Kier molecular flexibility index (Phi) is 5.98. The summed E-state index contributed by atoms with van der Waals surface area (Å²) in [5.74, 6) is 1.56. The number of aromatic amines is 1. The number of rotatable bonds is 6. The SMILES string of the molecule is CC(NC(=O)C(c1ccccc1)C1CCCCC1)c1nc(-c2cccnc2)n[nH]1. The molecule has 2 heterocycles. The van der Waals surface area contributed by atoms with Crippen LogP contribution in [0, 0.1) is 5.92 Å². The van der Waals surface area contributed by atoms with Gasteiger partial charge >= 0.3 is 0 Å².